The molecule has 0 saturated carbocycles. The molecule has 0 radical (unpaired) electrons. The predicted molar refractivity (Wildman–Crippen MR) is 107 cm³/mol. The predicted octanol–water partition coefficient (Wildman–Crippen LogP) is 2.61. The Labute approximate surface area is 165 Å². The summed E-state index contributed by atoms with van der Waals surface area (Å²) in [7, 11) is 1.86. The fourth-order valence-electron chi connectivity index (χ4n) is 3.56. The van der Waals surface area contributed by atoms with Gasteiger partial charge in [-0.2, -0.15) is 5.10 Å². The third-order valence-corrected chi connectivity index (χ3v) is 4.95. The number of hydrogen-bond acceptors (Lipinski definition) is 4. The van der Waals surface area contributed by atoms with Gasteiger partial charge in [0.25, 0.3) is 0 Å². The van der Waals surface area contributed by atoms with Crippen LogP contribution in [0.15, 0.2) is 36.7 Å². The van der Waals surface area contributed by atoms with Crippen molar-refractivity contribution in [2.45, 2.75) is 39.8 Å². The molecule has 1 fully saturated rings. The van der Waals surface area contributed by atoms with Crippen LogP contribution < -0.4 is 9.64 Å². The molecular formula is C21H28N4O3. The number of amides is 2. The number of nitrogens with zero attached hydrogens (tertiary/aromatic N) is 4. The highest BCUT2D eigenvalue weighted by atomic mass is 16.5. The van der Waals surface area contributed by atoms with Crippen molar-refractivity contribution in [2.75, 3.05) is 18.1 Å². The minimum absolute atomic E-state index is 0.00333. The number of hydrogen-bond donors (Lipinski definition) is 0. The van der Waals surface area contributed by atoms with Crippen LogP contribution in [0.4, 0.5) is 5.69 Å². The van der Waals surface area contributed by atoms with Gasteiger partial charge in [-0.1, -0.05) is 12.1 Å². The van der Waals surface area contributed by atoms with E-state index >= 15 is 0 Å². The summed E-state index contributed by atoms with van der Waals surface area (Å²) in [5, 5.41) is 4.18. The second-order valence-corrected chi connectivity index (χ2v) is 7.39. The maximum Gasteiger partial charge on any atom is 0.228 e. The topological polar surface area (TPSA) is 67.7 Å². The summed E-state index contributed by atoms with van der Waals surface area (Å²) < 4.78 is 7.39. The summed E-state index contributed by atoms with van der Waals surface area (Å²) in [5.74, 6) is 0.267. The van der Waals surface area contributed by atoms with Crippen molar-refractivity contribution in [1.82, 2.24) is 14.7 Å². The largest absolute Gasteiger partial charge is 0.492 e. The summed E-state index contributed by atoms with van der Waals surface area (Å²) in [6, 6.07) is 7.51. The minimum Gasteiger partial charge on any atom is -0.492 e. The number of aryl methyl sites for hydroxylation is 1. The Hall–Kier alpha value is -2.83. The first kappa shape index (κ1) is 19.9. The fourth-order valence-corrected chi connectivity index (χ4v) is 3.56. The third kappa shape index (κ3) is 4.18. The monoisotopic (exact) mass is 384 g/mol. The molecule has 1 aliphatic rings. The third-order valence-electron chi connectivity index (χ3n) is 4.95. The molecule has 0 N–H and O–H groups in total. The van der Waals surface area contributed by atoms with Gasteiger partial charge in [-0.05, 0) is 32.9 Å². The number of carbonyl (C=O) groups excluding carboxylic acids is 2. The van der Waals surface area contributed by atoms with Gasteiger partial charge in [0.15, 0.2) is 0 Å². The summed E-state index contributed by atoms with van der Waals surface area (Å²) in [6.07, 6.45) is 3.90. The van der Waals surface area contributed by atoms with E-state index < -0.39 is 0 Å². The van der Waals surface area contributed by atoms with Gasteiger partial charge in [0.2, 0.25) is 11.8 Å². The van der Waals surface area contributed by atoms with E-state index in [2.05, 4.69) is 5.10 Å². The van der Waals surface area contributed by atoms with E-state index in [4.69, 9.17) is 4.74 Å². The Kier molecular flexibility index (Phi) is 6.02. The Morgan fingerprint density at radius 1 is 1.36 bits per heavy atom. The van der Waals surface area contributed by atoms with E-state index in [-0.39, 0.29) is 30.2 Å². The van der Waals surface area contributed by atoms with Gasteiger partial charge in [-0.15, -0.1) is 0 Å². The first-order valence-electron chi connectivity index (χ1n) is 9.70. The fraction of sp³-hybridized carbons (Fsp3) is 0.476. The molecule has 7 heteroatoms. The molecule has 150 valence electrons. The quantitative estimate of drug-likeness (QED) is 0.736. The van der Waals surface area contributed by atoms with E-state index in [9.17, 15) is 9.59 Å². The van der Waals surface area contributed by atoms with Gasteiger partial charge in [-0.3, -0.25) is 14.3 Å². The highest BCUT2D eigenvalue weighted by Crippen LogP contribution is 2.33. The van der Waals surface area contributed by atoms with Gasteiger partial charge in [0, 0.05) is 44.4 Å². The van der Waals surface area contributed by atoms with Gasteiger partial charge in [0.1, 0.15) is 5.75 Å². The average molecular weight is 384 g/mol. The lowest BCUT2D eigenvalue weighted by Crippen LogP contribution is -2.41. The van der Waals surface area contributed by atoms with E-state index in [0.29, 0.717) is 25.4 Å². The maximum atomic E-state index is 13.2. The molecular weight excluding hydrogens is 356 g/mol. The normalized spacial score (nSPS) is 16.7. The van der Waals surface area contributed by atoms with Gasteiger partial charge in [-0.25, -0.2) is 0 Å². The Morgan fingerprint density at radius 3 is 2.75 bits per heavy atom. The zero-order valence-electron chi connectivity index (χ0n) is 17.0. The van der Waals surface area contributed by atoms with Crippen LogP contribution in [0, 0.1) is 5.92 Å². The van der Waals surface area contributed by atoms with Crippen LogP contribution in [0.1, 0.15) is 32.8 Å². The lowest BCUT2D eigenvalue weighted by Gasteiger charge is -2.29. The molecule has 0 bridgehead atoms. The van der Waals surface area contributed by atoms with Gasteiger partial charge >= 0.3 is 0 Å². The van der Waals surface area contributed by atoms with Crippen LogP contribution in [0.3, 0.4) is 0 Å². The molecule has 1 atom stereocenters. The molecule has 0 spiro atoms. The van der Waals surface area contributed by atoms with Crippen LogP contribution >= 0.6 is 0 Å². The molecule has 3 rings (SSSR count). The Balaban J connectivity index is 1.77. The van der Waals surface area contributed by atoms with E-state index in [0.717, 1.165) is 11.3 Å². The molecule has 2 aromatic rings. The van der Waals surface area contributed by atoms with E-state index in [1.165, 1.54) is 0 Å². The van der Waals surface area contributed by atoms with Crippen molar-refractivity contribution in [3.63, 3.8) is 0 Å². The molecule has 2 amide bonds. The zero-order chi connectivity index (χ0) is 20.3. The van der Waals surface area contributed by atoms with Crippen molar-refractivity contribution >= 4 is 17.5 Å². The second-order valence-electron chi connectivity index (χ2n) is 7.39. The van der Waals surface area contributed by atoms with E-state index in [1.807, 2.05) is 63.2 Å². The second kappa shape index (κ2) is 8.46. The van der Waals surface area contributed by atoms with Crippen LogP contribution in [0.5, 0.6) is 5.75 Å². The zero-order valence-corrected chi connectivity index (χ0v) is 17.0. The summed E-state index contributed by atoms with van der Waals surface area (Å²) >= 11 is 0. The highest BCUT2D eigenvalue weighted by molar-refractivity contribution is 6.01. The first-order chi connectivity index (χ1) is 13.4. The molecule has 7 nitrogen and oxygen atoms in total. The Morgan fingerprint density at radius 2 is 2.11 bits per heavy atom. The minimum atomic E-state index is -0.360. The van der Waals surface area contributed by atoms with Gasteiger partial charge < -0.3 is 14.5 Å². The highest BCUT2D eigenvalue weighted by Gasteiger charge is 2.38. The lowest BCUT2D eigenvalue weighted by molar-refractivity contribution is -0.138. The molecule has 1 aromatic heterocycles. The number of aromatic nitrogens is 2. The molecule has 28 heavy (non-hydrogen) atoms. The van der Waals surface area contributed by atoms with Gasteiger partial charge in [0.05, 0.1) is 24.4 Å². The molecule has 1 unspecified atom stereocenters. The van der Waals surface area contributed by atoms with Crippen molar-refractivity contribution in [3.8, 4) is 5.75 Å². The number of para-hydroxylation sites is 2. The number of anilines is 1. The maximum absolute atomic E-state index is 13.2. The standard InChI is InChI=1S/C21H28N4O3/c1-5-28-19-9-7-6-8-18(19)25-14-17(10-20(25)26)21(27)24(15(2)3)13-16-11-22-23(4)12-16/h6-9,11-12,15,17H,5,10,13-14H2,1-4H3. The summed E-state index contributed by atoms with van der Waals surface area (Å²) in [6.45, 7) is 7.28. The molecule has 1 aromatic carbocycles. The summed E-state index contributed by atoms with van der Waals surface area (Å²) in [5.41, 5.74) is 1.71. The SMILES string of the molecule is CCOc1ccccc1N1CC(C(=O)N(Cc2cnn(C)c2)C(C)C)CC1=O. The van der Waals surface area contributed by atoms with Crippen LogP contribution in [-0.2, 0) is 23.2 Å². The molecule has 1 aliphatic heterocycles. The van der Waals surface area contributed by atoms with Crippen LogP contribution in [-0.4, -0.2) is 45.7 Å². The number of ether oxygens (including phenoxy) is 1. The van der Waals surface area contributed by atoms with Crippen molar-refractivity contribution < 1.29 is 14.3 Å². The van der Waals surface area contributed by atoms with E-state index in [1.54, 1.807) is 15.8 Å². The van der Waals surface area contributed by atoms with Crippen molar-refractivity contribution in [1.29, 1.82) is 0 Å². The first-order valence-corrected chi connectivity index (χ1v) is 9.70. The summed E-state index contributed by atoms with van der Waals surface area (Å²) in [4.78, 5) is 29.4. The number of benzene rings is 1. The number of carbonyl (C=O) groups is 2. The van der Waals surface area contributed by atoms with Crippen LogP contribution in [0.2, 0.25) is 0 Å². The van der Waals surface area contributed by atoms with Crippen molar-refractivity contribution in [3.05, 3.63) is 42.2 Å². The molecule has 2 heterocycles. The van der Waals surface area contributed by atoms with Crippen LogP contribution in [0.25, 0.3) is 0 Å². The molecule has 1 saturated heterocycles. The molecule has 0 aliphatic carbocycles. The average Bonchev–Trinajstić information content (AvgIpc) is 3.25. The van der Waals surface area contributed by atoms with Crippen molar-refractivity contribution in [2.24, 2.45) is 13.0 Å². The number of rotatable bonds is 7. The lowest BCUT2D eigenvalue weighted by atomic mass is 10.1. The Bertz CT molecular complexity index is 846. The smallest absolute Gasteiger partial charge is 0.228 e.